The van der Waals surface area contributed by atoms with Gasteiger partial charge < -0.3 is 9.88 Å². The highest BCUT2D eigenvalue weighted by Crippen LogP contribution is 2.29. The van der Waals surface area contributed by atoms with Gasteiger partial charge >= 0.3 is 0 Å². The molecule has 0 bridgehead atoms. The lowest BCUT2D eigenvalue weighted by atomic mass is 10.2. The maximum Gasteiger partial charge on any atom is 0.270 e. The van der Waals surface area contributed by atoms with Crippen LogP contribution in [0.3, 0.4) is 0 Å². The molecule has 1 saturated heterocycles. The molecule has 2 aromatic rings. The standard InChI is InChI=1S/C20H20F2N6O/c21-18(22)16-12-25-19(26-20(16)29)14-2-3-15(9-14)27-5-7-28(8-6-27)17-4-1-13(10-23)11-24-17/h1,4,9,11-12,15,18H,2-3,5-8H2,(H,25,26,29). The van der Waals surface area contributed by atoms with Gasteiger partial charge in [0.2, 0.25) is 0 Å². The van der Waals surface area contributed by atoms with Crippen molar-refractivity contribution in [1.29, 1.82) is 5.26 Å². The van der Waals surface area contributed by atoms with E-state index in [4.69, 9.17) is 5.26 Å². The molecule has 1 atom stereocenters. The molecule has 150 valence electrons. The van der Waals surface area contributed by atoms with E-state index in [9.17, 15) is 13.6 Å². The molecule has 1 aliphatic carbocycles. The fourth-order valence-electron chi connectivity index (χ4n) is 3.83. The van der Waals surface area contributed by atoms with Crippen LogP contribution in [0.15, 0.2) is 35.4 Å². The molecule has 0 amide bonds. The highest BCUT2D eigenvalue weighted by Gasteiger charge is 2.27. The minimum atomic E-state index is -2.83. The number of aromatic nitrogens is 3. The SMILES string of the molecule is N#Cc1ccc(N2CCN(C3C=C(c4ncc(C(F)F)c(=O)[nH]4)CC3)CC2)nc1. The van der Waals surface area contributed by atoms with Crippen molar-refractivity contribution in [2.75, 3.05) is 31.1 Å². The molecule has 1 fully saturated rings. The second-order valence-electron chi connectivity index (χ2n) is 7.15. The molecular weight excluding hydrogens is 378 g/mol. The summed E-state index contributed by atoms with van der Waals surface area (Å²) in [6.07, 6.45) is 3.46. The van der Waals surface area contributed by atoms with E-state index in [-0.39, 0.29) is 6.04 Å². The van der Waals surface area contributed by atoms with Gasteiger partial charge in [0.15, 0.2) is 0 Å². The van der Waals surface area contributed by atoms with Crippen molar-refractivity contribution in [3.63, 3.8) is 0 Å². The topological polar surface area (TPSA) is 88.9 Å². The van der Waals surface area contributed by atoms with Gasteiger partial charge in [-0.25, -0.2) is 18.7 Å². The molecular formula is C20H20F2N6O. The molecule has 1 N–H and O–H groups in total. The zero-order chi connectivity index (χ0) is 20.4. The van der Waals surface area contributed by atoms with Crippen LogP contribution >= 0.6 is 0 Å². The first-order valence-electron chi connectivity index (χ1n) is 9.49. The van der Waals surface area contributed by atoms with Gasteiger partial charge in [-0.2, -0.15) is 5.26 Å². The van der Waals surface area contributed by atoms with Gasteiger partial charge in [-0.3, -0.25) is 9.69 Å². The Bertz CT molecular complexity index is 1000. The quantitative estimate of drug-likeness (QED) is 0.851. The summed E-state index contributed by atoms with van der Waals surface area (Å²) in [7, 11) is 0. The maximum absolute atomic E-state index is 12.7. The van der Waals surface area contributed by atoms with Gasteiger partial charge in [0.05, 0.1) is 5.56 Å². The van der Waals surface area contributed by atoms with Gasteiger partial charge in [-0.1, -0.05) is 6.08 Å². The predicted octanol–water partition coefficient (Wildman–Crippen LogP) is 2.34. The summed E-state index contributed by atoms with van der Waals surface area (Å²) in [5.74, 6) is 1.24. The van der Waals surface area contributed by atoms with Crippen molar-refractivity contribution in [3.8, 4) is 6.07 Å². The minimum Gasteiger partial charge on any atom is -0.354 e. The molecule has 29 heavy (non-hydrogen) atoms. The lowest BCUT2D eigenvalue weighted by Gasteiger charge is -2.38. The summed E-state index contributed by atoms with van der Waals surface area (Å²) < 4.78 is 25.5. The highest BCUT2D eigenvalue weighted by molar-refractivity contribution is 5.63. The molecule has 7 nitrogen and oxygen atoms in total. The van der Waals surface area contributed by atoms with Crippen LogP contribution < -0.4 is 10.5 Å². The molecule has 0 saturated carbocycles. The average Bonchev–Trinajstić information content (AvgIpc) is 3.24. The summed E-state index contributed by atoms with van der Waals surface area (Å²) >= 11 is 0. The van der Waals surface area contributed by atoms with E-state index in [1.807, 2.05) is 6.07 Å². The summed E-state index contributed by atoms with van der Waals surface area (Å²) in [6, 6.07) is 5.95. The molecule has 0 spiro atoms. The van der Waals surface area contributed by atoms with E-state index < -0.39 is 17.5 Å². The number of pyridine rings is 1. The summed E-state index contributed by atoms with van der Waals surface area (Å²) in [5, 5.41) is 8.88. The van der Waals surface area contributed by atoms with Gasteiger partial charge in [-0.05, 0) is 30.5 Å². The third-order valence-electron chi connectivity index (χ3n) is 5.45. The number of nitrogens with zero attached hydrogens (tertiary/aromatic N) is 5. The molecule has 1 aliphatic heterocycles. The molecule has 9 heteroatoms. The summed E-state index contributed by atoms with van der Waals surface area (Å²) in [6.45, 7) is 3.39. The number of piperazine rings is 1. The number of hydrogen-bond acceptors (Lipinski definition) is 6. The number of halogens is 2. The van der Waals surface area contributed by atoms with E-state index in [1.165, 1.54) is 0 Å². The van der Waals surface area contributed by atoms with Crippen LogP contribution in [0.1, 0.15) is 36.2 Å². The minimum absolute atomic E-state index is 0.237. The smallest absolute Gasteiger partial charge is 0.270 e. The number of nitriles is 1. The van der Waals surface area contributed by atoms with Crippen molar-refractivity contribution < 1.29 is 8.78 Å². The van der Waals surface area contributed by atoms with Crippen molar-refractivity contribution >= 4 is 11.4 Å². The molecule has 1 unspecified atom stereocenters. The molecule has 4 rings (SSSR count). The molecule has 2 aromatic heterocycles. The normalized spacial score (nSPS) is 20.0. The zero-order valence-corrected chi connectivity index (χ0v) is 15.7. The maximum atomic E-state index is 12.7. The van der Waals surface area contributed by atoms with E-state index in [0.717, 1.165) is 56.6 Å². The number of rotatable bonds is 4. The van der Waals surface area contributed by atoms with E-state index in [1.54, 1.807) is 12.3 Å². The van der Waals surface area contributed by atoms with E-state index in [0.29, 0.717) is 11.4 Å². The number of aromatic amines is 1. The molecule has 2 aliphatic rings. The lowest BCUT2D eigenvalue weighted by Crippen LogP contribution is -2.49. The fraction of sp³-hybridized carbons (Fsp3) is 0.400. The van der Waals surface area contributed by atoms with Crippen LogP contribution in [0.2, 0.25) is 0 Å². The Balaban J connectivity index is 1.39. The Labute approximate surface area is 166 Å². The van der Waals surface area contributed by atoms with Crippen LogP contribution in [-0.2, 0) is 0 Å². The molecule has 3 heterocycles. The number of allylic oxidation sites excluding steroid dienone is 1. The van der Waals surface area contributed by atoms with Gasteiger partial charge in [0, 0.05) is 44.6 Å². The second-order valence-corrected chi connectivity index (χ2v) is 7.15. The third kappa shape index (κ3) is 4.03. The van der Waals surface area contributed by atoms with Crippen LogP contribution in [-0.4, -0.2) is 52.1 Å². The lowest BCUT2D eigenvalue weighted by molar-refractivity contribution is 0.149. The Kier molecular flexibility index (Phi) is 5.36. The summed E-state index contributed by atoms with van der Waals surface area (Å²) in [5.41, 5.74) is 0.0580. The highest BCUT2D eigenvalue weighted by atomic mass is 19.3. The van der Waals surface area contributed by atoms with Gasteiger partial charge in [-0.15, -0.1) is 0 Å². The van der Waals surface area contributed by atoms with Crippen LogP contribution in [0.4, 0.5) is 14.6 Å². The van der Waals surface area contributed by atoms with Crippen molar-refractivity contribution in [2.45, 2.75) is 25.3 Å². The number of nitrogens with one attached hydrogen (secondary N) is 1. The van der Waals surface area contributed by atoms with E-state index in [2.05, 4.69) is 36.9 Å². The number of H-pyrrole nitrogens is 1. The number of hydrogen-bond donors (Lipinski definition) is 1. The first-order valence-corrected chi connectivity index (χ1v) is 9.49. The number of alkyl halides is 2. The summed E-state index contributed by atoms with van der Waals surface area (Å²) in [4.78, 5) is 27.2. The first-order chi connectivity index (χ1) is 14.0. The van der Waals surface area contributed by atoms with Crippen molar-refractivity contribution in [3.05, 3.63) is 57.9 Å². The second kappa shape index (κ2) is 8.09. The number of anilines is 1. The van der Waals surface area contributed by atoms with Crippen LogP contribution in [0.25, 0.3) is 5.57 Å². The van der Waals surface area contributed by atoms with Gasteiger partial charge in [0.25, 0.3) is 12.0 Å². The Morgan fingerprint density at radius 3 is 2.59 bits per heavy atom. The van der Waals surface area contributed by atoms with Crippen molar-refractivity contribution in [2.24, 2.45) is 0 Å². The fourth-order valence-corrected chi connectivity index (χ4v) is 3.83. The Hall–Kier alpha value is -3.12. The van der Waals surface area contributed by atoms with Crippen LogP contribution in [0, 0.1) is 11.3 Å². The monoisotopic (exact) mass is 398 g/mol. The third-order valence-corrected chi connectivity index (χ3v) is 5.45. The zero-order valence-electron chi connectivity index (χ0n) is 15.7. The first kappa shape index (κ1) is 19.2. The predicted molar refractivity (Wildman–Crippen MR) is 104 cm³/mol. The van der Waals surface area contributed by atoms with Crippen molar-refractivity contribution in [1.82, 2.24) is 19.9 Å². The van der Waals surface area contributed by atoms with E-state index >= 15 is 0 Å². The average molecular weight is 398 g/mol. The Morgan fingerprint density at radius 1 is 1.17 bits per heavy atom. The van der Waals surface area contributed by atoms with Crippen LogP contribution in [0.5, 0.6) is 0 Å². The Morgan fingerprint density at radius 2 is 1.97 bits per heavy atom. The molecule has 0 aromatic carbocycles. The molecule has 0 radical (unpaired) electrons. The van der Waals surface area contributed by atoms with Gasteiger partial charge in [0.1, 0.15) is 23.3 Å². The largest absolute Gasteiger partial charge is 0.354 e.